The van der Waals surface area contributed by atoms with E-state index in [9.17, 15) is 9.18 Å². The highest BCUT2D eigenvalue weighted by atomic mass is 19.1. The summed E-state index contributed by atoms with van der Waals surface area (Å²) in [6, 6.07) is 8.72. The molecule has 0 aliphatic carbocycles. The van der Waals surface area contributed by atoms with Crippen LogP contribution in [0.25, 0.3) is 16.9 Å². The van der Waals surface area contributed by atoms with E-state index in [0.29, 0.717) is 11.3 Å². The lowest BCUT2D eigenvalue weighted by molar-refractivity contribution is 0.194. The third kappa shape index (κ3) is 2.80. The lowest BCUT2D eigenvalue weighted by atomic mass is 10.0. The number of hydrogen-bond donors (Lipinski definition) is 2. The number of benzene rings is 1. The van der Waals surface area contributed by atoms with E-state index in [0.717, 1.165) is 5.65 Å². The number of carboxylic acid groups (broad SMARTS) is 1. The number of fused-ring (bicyclic) bond motifs is 1. The molecule has 0 bridgehead atoms. The summed E-state index contributed by atoms with van der Waals surface area (Å²) in [5, 5.41) is 11.0. The Labute approximate surface area is 131 Å². The predicted molar refractivity (Wildman–Crippen MR) is 82.0 cm³/mol. The summed E-state index contributed by atoms with van der Waals surface area (Å²) in [7, 11) is 1.36. The topological polar surface area (TPSA) is 75.9 Å². The van der Waals surface area contributed by atoms with E-state index < -0.39 is 11.9 Å². The van der Waals surface area contributed by atoms with Crippen LogP contribution in [0.4, 0.5) is 9.18 Å². The number of methoxy groups -OCH3 is 1. The third-order valence-corrected chi connectivity index (χ3v) is 3.48. The van der Waals surface area contributed by atoms with E-state index >= 15 is 0 Å². The average Bonchev–Trinajstić information content (AvgIpc) is 2.97. The van der Waals surface area contributed by atoms with Crippen LogP contribution in [0.5, 0.6) is 5.75 Å². The lowest BCUT2D eigenvalue weighted by Gasteiger charge is -2.12. The van der Waals surface area contributed by atoms with Gasteiger partial charge in [0.15, 0.2) is 11.6 Å². The van der Waals surface area contributed by atoms with Crippen molar-refractivity contribution in [3.8, 4) is 17.0 Å². The fourth-order valence-corrected chi connectivity index (χ4v) is 2.40. The molecule has 0 saturated heterocycles. The van der Waals surface area contributed by atoms with Crippen LogP contribution < -0.4 is 10.1 Å². The minimum Gasteiger partial charge on any atom is -0.494 e. The zero-order valence-electron chi connectivity index (χ0n) is 12.3. The van der Waals surface area contributed by atoms with Gasteiger partial charge in [0.25, 0.3) is 0 Å². The molecule has 0 aliphatic heterocycles. The van der Waals surface area contributed by atoms with E-state index in [1.54, 1.807) is 12.3 Å². The van der Waals surface area contributed by atoms with E-state index in [1.807, 2.05) is 28.8 Å². The molecule has 2 heterocycles. The van der Waals surface area contributed by atoms with E-state index in [-0.39, 0.29) is 17.9 Å². The van der Waals surface area contributed by atoms with Crippen molar-refractivity contribution in [1.29, 1.82) is 0 Å². The van der Waals surface area contributed by atoms with Gasteiger partial charge in [-0.3, -0.25) is 0 Å². The first kappa shape index (κ1) is 14.8. The maximum Gasteiger partial charge on any atom is 0.404 e. The third-order valence-electron chi connectivity index (χ3n) is 3.48. The molecule has 3 aromatic rings. The van der Waals surface area contributed by atoms with Gasteiger partial charge in [-0.15, -0.1) is 0 Å². The fourth-order valence-electron chi connectivity index (χ4n) is 2.40. The zero-order chi connectivity index (χ0) is 16.4. The van der Waals surface area contributed by atoms with E-state index in [2.05, 4.69) is 10.3 Å². The van der Waals surface area contributed by atoms with E-state index in [4.69, 9.17) is 9.84 Å². The number of pyridine rings is 1. The SMILES string of the molecule is COc1ccc(-c2cn3ccccc3n2)c(CNC(=O)O)c1F. The van der Waals surface area contributed by atoms with Crippen molar-refractivity contribution in [3.05, 3.63) is 54.1 Å². The standard InChI is InChI=1S/C16H14FN3O3/c1-23-13-6-5-10(11(15(13)17)8-18-16(21)22)12-9-20-7-3-2-4-14(20)19-12/h2-7,9,18H,8H2,1H3,(H,21,22). The van der Waals surface area contributed by atoms with Gasteiger partial charge in [0.1, 0.15) is 5.65 Å². The molecule has 0 aliphatic rings. The molecule has 1 amide bonds. The molecular formula is C16H14FN3O3. The first-order valence-corrected chi connectivity index (χ1v) is 6.86. The molecule has 0 radical (unpaired) electrons. The van der Waals surface area contributed by atoms with Gasteiger partial charge in [-0.1, -0.05) is 6.07 Å². The maximum absolute atomic E-state index is 14.5. The van der Waals surface area contributed by atoms with Gasteiger partial charge < -0.3 is 19.6 Å². The Morgan fingerprint density at radius 3 is 2.91 bits per heavy atom. The normalized spacial score (nSPS) is 10.7. The van der Waals surface area contributed by atoms with Crippen LogP contribution in [0.3, 0.4) is 0 Å². The van der Waals surface area contributed by atoms with Crippen molar-refractivity contribution in [2.24, 2.45) is 0 Å². The second kappa shape index (κ2) is 5.96. The summed E-state index contributed by atoms with van der Waals surface area (Å²) in [6.45, 7) is -0.179. The molecule has 2 N–H and O–H groups in total. The highest BCUT2D eigenvalue weighted by Gasteiger charge is 2.17. The number of carbonyl (C=O) groups is 1. The Morgan fingerprint density at radius 1 is 1.39 bits per heavy atom. The van der Waals surface area contributed by atoms with Gasteiger partial charge in [0, 0.05) is 30.1 Å². The molecule has 6 nitrogen and oxygen atoms in total. The number of aromatic nitrogens is 2. The zero-order valence-corrected chi connectivity index (χ0v) is 12.3. The smallest absolute Gasteiger partial charge is 0.404 e. The first-order valence-electron chi connectivity index (χ1n) is 6.86. The van der Waals surface area contributed by atoms with Crippen LogP contribution in [-0.2, 0) is 6.54 Å². The molecule has 1 aromatic carbocycles. The van der Waals surface area contributed by atoms with Crippen LogP contribution in [0.2, 0.25) is 0 Å². The highest BCUT2D eigenvalue weighted by molar-refractivity contribution is 5.69. The Bertz CT molecular complexity index is 843. The van der Waals surface area contributed by atoms with Crippen molar-refractivity contribution >= 4 is 11.7 Å². The average molecular weight is 315 g/mol. The molecule has 0 saturated carbocycles. The molecule has 0 fully saturated rings. The van der Waals surface area contributed by atoms with Gasteiger partial charge in [0.2, 0.25) is 0 Å². The lowest BCUT2D eigenvalue weighted by Crippen LogP contribution is -2.21. The number of amides is 1. The summed E-state index contributed by atoms with van der Waals surface area (Å²) in [5.41, 5.74) is 1.98. The Morgan fingerprint density at radius 2 is 2.22 bits per heavy atom. The van der Waals surface area contributed by atoms with Crippen LogP contribution >= 0.6 is 0 Å². The van der Waals surface area contributed by atoms with Gasteiger partial charge in [-0.2, -0.15) is 0 Å². The number of nitrogens with one attached hydrogen (secondary N) is 1. The van der Waals surface area contributed by atoms with Crippen LogP contribution in [0, 0.1) is 5.82 Å². The fraction of sp³-hybridized carbons (Fsp3) is 0.125. The summed E-state index contributed by atoms with van der Waals surface area (Å²) in [6.07, 6.45) is 2.37. The molecule has 7 heteroatoms. The second-order valence-corrected chi connectivity index (χ2v) is 4.86. The summed E-state index contributed by atoms with van der Waals surface area (Å²) >= 11 is 0. The molecule has 23 heavy (non-hydrogen) atoms. The minimum atomic E-state index is -1.23. The van der Waals surface area contributed by atoms with Crippen molar-refractivity contribution < 1.29 is 19.0 Å². The molecule has 0 unspecified atom stereocenters. The second-order valence-electron chi connectivity index (χ2n) is 4.86. The summed E-state index contributed by atoms with van der Waals surface area (Å²) < 4.78 is 21.3. The molecule has 3 rings (SSSR count). The summed E-state index contributed by atoms with van der Waals surface area (Å²) in [4.78, 5) is 15.2. The quantitative estimate of drug-likeness (QED) is 0.776. The summed E-state index contributed by atoms with van der Waals surface area (Å²) in [5.74, 6) is -0.546. The highest BCUT2D eigenvalue weighted by Crippen LogP contribution is 2.30. The molecule has 0 atom stereocenters. The van der Waals surface area contributed by atoms with Crippen molar-refractivity contribution in [2.45, 2.75) is 6.54 Å². The minimum absolute atomic E-state index is 0.0553. The monoisotopic (exact) mass is 315 g/mol. The van der Waals surface area contributed by atoms with Gasteiger partial charge in [0.05, 0.1) is 12.8 Å². The number of imidazole rings is 1. The number of nitrogens with zero attached hydrogens (tertiary/aromatic N) is 2. The van der Waals surface area contributed by atoms with Crippen molar-refractivity contribution in [1.82, 2.24) is 14.7 Å². The van der Waals surface area contributed by atoms with Crippen molar-refractivity contribution in [3.63, 3.8) is 0 Å². The van der Waals surface area contributed by atoms with Crippen LogP contribution in [-0.4, -0.2) is 27.7 Å². The number of rotatable bonds is 4. The number of ether oxygens (including phenoxy) is 1. The predicted octanol–water partition coefficient (Wildman–Crippen LogP) is 2.92. The van der Waals surface area contributed by atoms with Gasteiger partial charge >= 0.3 is 6.09 Å². The van der Waals surface area contributed by atoms with Crippen LogP contribution in [0.1, 0.15) is 5.56 Å². The Balaban J connectivity index is 2.13. The number of hydrogen-bond acceptors (Lipinski definition) is 3. The van der Waals surface area contributed by atoms with Gasteiger partial charge in [-0.05, 0) is 24.3 Å². The molecular weight excluding hydrogens is 301 g/mol. The molecule has 2 aromatic heterocycles. The molecule has 0 spiro atoms. The first-order chi connectivity index (χ1) is 11.1. The van der Waals surface area contributed by atoms with E-state index in [1.165, 1.54) is 13.2 Å². The molecule has 118 valence electrons. The Kier molecular flexibility index (Phi) is 3.84. The van der Waals surface area contributed by atoms with Crippen LogP contribution in [0.15, 0.2) is 42.7 Å². The number of halogens is 1. The van der Waals surface area contributed by atoms with Gasteiger partial charge in [-0.25, -0.2) is 14.2 Å². The van der Waals surface area contributed by atoms with Crippen molar-refractivity contribution in [2.75, 3.05) is 7.11 Å². The maximum atomic E-state index is 14.5. The largest absolute Gasteiger partial charge is 0.494 e. The Hall–Kier alpha value is -3.09.